The summed E-state index contributed by atoms with van der Waals surface area (Å²) in [6, 6.07) is 12.0. The van der Waals surface area contributed by atoms with E-state index >= 15 is 0 Å². The lowest BCUT2D eigenvalue weighted by Crippen LogP contribution is -1.94. The molecule has 0 saturated heterocycles. The molecule has 94 valence electrons. The third kappa shape index (κ3) is 2.26. The number of aromatic hydroxyl groups is 1. The van der Waals surface area contributed by atoms with E-state index in [2.05, 4.69) is 39.8 Å². The number of rotatable bonds is 2. The van der Waals surface area contributed by atoms with Gasteiger partial charge in [-0.3, -0.25) is 0 Å². The molecule has 0 amide bonds. The second-order valence-electron chi connectivity index (χ2n) is 5.20. The van der Waals surface area contributed by atoms with E-state index in [0.29, 0.717) is 11.7 Å². The van der Waals surface area contributed by atoms with E-state index in [-0.39, 0.29) is 0 Å². The van der Waals surface area contributed by atoms with Gasteiger partial charge in [0.2, 0.25) is 0 Å². The minimum Gasteiger partial charge on any atom is -0.507 e. The van der Waals surface area contributed by atoms with E-state index < -0.39 is 0 Å². The fourth-order valence-electron chi connectivity index (χ4n) is 2.44. The summed E-state index contributed by atoms with van der Waals surface area (Å²) in [6.45, 7) is 8.63. The third-order valence-corrected chi connectivity index (χ3v) is 3.40. The molecule has 1 nitrogen and oxygen atoms in total. The van der Waals surface area contributed by atoms with Crippen molar-refractivity contribution in [2.24, 2.45) is 0 Å². The Labute approximate surface area is 109 Å². The van der Waals surface area contributed by atoms with Crippen molar-refractivity contribution in [2.75, 3.05) is 0 Å². The number of hydrogen-bond acceptors (Lipinski definition) is 1. The smallest absolute Gasteiger partial charge is 0.123 e. The molecule has 1 N–H and O–H groups in total. The largest absolute Gasteiger partial charge is 0.507 e. The van der Waals surface area contributed by atoms with Crippen LogP contribution in [0, 0.1) is 13.8 Å². The topological polar surface area (TPSA) is 20.2 Å². The summed E-state index contributed by atoms with van der Waals surface area (Å²) in [5.41, 5.74) is 5.87. The molecule has 0 bridgehead atoms. The molecule has 0 aliphatic carbocycles. The normalized spacial score (nSPS) is 10.9. The van der Waals surface area contributed by atoms with Gasteiger partial charge >= 0.3 is 0 Å². The van der Waals surface area contributed by atoms with Crippen molar-refractivity contribution < 1.29 is 5.11 Å². The maximum atomic E-state index is 9.99. The molecule has 0 unspecified atom stereocenters. The highest BCUT2D eigenvalue weighted by Crippen LogP contribution is 2.35. The predicted octanol–water partition coefficient (Wildman–Crippen LogP) is 4.80. The van der Waals surface area contributed by atoms with Crippen molar-refractivity contribution in [2.45, 2.75) is 33.6 Å². The van der Waals surface area contributed by atoms with Crippen LogP contribution in [0.3, 0.4) is 0 Å². The molecule has 18 heavy (non-hydrogen) atoms. The van der Waals surface area contributed by atoms with Crippen LogP contribution in [0.1, 0.15) is 36.5 Å². The lowest BCUT2D eigenvalue weighted by molar-refractivity contribution is 0.477. The van der Waals surface area contributed by atoms with Gasteiger partial charge < -0.3 is 5.11 Å². The average molecular weight is 240 g/mol. The molecule has 1 heteroatoms. The summed E-state index contributed by atoms with van der Waals surface area (Å²) in [5, 5.41) is 9.99. The van der Waals surface area contributed by atoms with Crippen LogP contribution in [0.4, 0.5) is 0 Å². The fourth-order valence-corrected chi connectivity index (χ4v) is 2.44. The van der Waals surface area contributed by atoms with Crippen LogP contribution in [-0.2, 0) is 0 Å². The Bertz CT molecular complexity index is 545. The standard InChI is InChI=1S/C17H20O/c1-11(2)14-9-12(3)17(13(4)10-14)15-7-5-6-8-16(15)18/h5-11,18H,1-4H3. The summed E-state index contributed by atoms with van der Waals surface area (Å²) < 4.78 is 0. The zero-order valence-corrected chi connectivity index (χ0v) is 11.5. The van der Waals surface area contributed by atoms with E-state index in [1.54, 1.807) is 6.07 Å². The Balaban J connectivity index is 2.63. The molecule has 0 aromatic heterocycles. The van der Waals surface area contributed by atoms with Gasteiger partial charge in [0.15, 0.2) is 0 Å². The van der Waals surface area contributed by atoms with Gasteiger partial charge in [0.25, 0.3) is 0 Å². The molecule has 0 aliphatic heterocycles. The Morgan fingerprint density at radius 2 is 1.50 bits per heavy atom. The number of benzene rings is 2. The molecule has 2 aromatic carbocycles. The molecule has 2 aromatic rings. The Morgan fingerprint density at radius 3 is 2.00 bits per heavy atom. The van der Waals surface area contributed by atoms with Gasteiger partial charge in [-0.25, -0.2) is 0 Å². The van der Waals surface area contributed by atoms with E-state index in [9.17, 15) is 5.11 Å². The van der Waals surface area contributed by atoms with Gasteiger partial charge in [0, 0.05) is 5.56 Å². The van der Waals surface area contributed by atoms with E-state index in [4.69, 9.17) is 0 Å². The van der Waals surface area contributed by atoms with Crippen molar-refractivity contribution >= 4 is 0 Å². The molecule has 0 aliphatic rings. The molecule has 2 rings (SSSR count). The molecule has 0 heterocycles. The first kappa shape index (κ1) is 12.7. The summed E-state index contributed by atoms with van der Waals surface area (Å²) >= 11 is 0. The lowest BCUT2D eigenvalue weighted by atomic mass is 9.90. The van der Waals surface area contributed by atoms with Crippen molar-refractivity contribution in [1.82, 2.24) is 0 Å². The number of phenolic OH excluding ortho intramolecular Hbond substituents is 1. The maximum Gasteiger partial charge on any atom is 0.123 e. The summed E-state index contributed by atoms with van der Waals surface area (Å²) in [5.74, 6) is 0.877. The number of para-hydroxylation sites is 1. The highest BCUT2D eigenvalue weighted by atomic mass is 16.3. The quantitative estimate of drug-likeness (QED) is 0.799. The zero-order valence-electron chi connectivity index (χ0n) is 11.5. The Morgan fingerprint density at radius 1 is 0.944 bits per heavy atom. The highest BCUT2D eigenvalue weighted by molar-refractivity contribution is 5.76. The van der Waals surface area contributed by atoms with Gasteiger partial charge in [-0.05, 0) is 48.1 Å². The number of phenols is 1. The van der Waals surface area contributed by atoms with Crippen molar-refractivity contribution in [3.63, 3.8) is 0 Å². The van der Waals surface area contributed by atoms with Crippen LogP contribution in [0.15, 0.2) is 36.4 Å². The van der Waals surface area contributed by atoms with Gasteiger partial charge in [-0.2, -0.15) is 0 Å². The molecule has 0 atom stereocenters. The zero-order chi connectivity index (χ0) is 13.3. The van der Waals surface area contributed by atoms with Crippen molar-refractivity contribution in [1.29, 1.82) is 0 Å². The second kappa shape index (κ2) is 4.85. The highest BCUT2D eigenvalue weighted by Gasteiger charge is 2.11. The Hall–Kier alpha value is -1.76. The van der Waals surface area contributed by atoms with Crippen molar-refractivity contribution in [3.05, 3.63) is 53.1 Å². The predicted molar refractivity (Wildman–Crippen MR) is 77.1 cm³/mol. The molecular formula is C17H20O. The first-order valence-corrected chi connectivity index (χ1v) is 6.40. The molecule has 0 spiro atoms. The fraction of sp³-hybridized carbons (Fsp3) is 0.294. The number of hydrogen-bond donors (Lipinski definition) is 1. The monoisotopic (exact) mass is 240 g/mol. The summed E-state index contributed by atoms with van der Waals surface area (Å²) in [4.78, 5) is 0. The Kier molecular flexibility index (Phi) is 3.42. The van der Waals surface area contributed by atoms with Crippen LogP contribution >= 0.6 is 0 Å². The first-order valence-electron chi connectivity index (χ1n) is 6.40. The van der Waals surface area contributed by atoms with E-state index in [0.717, 1.165) is 11.1 Å². The third-order valence-electron chi connectivity index (χ3n) is 3.40. The number of aryl methyl sites for hydroxylation is 2. The molecular weight excluding hydrogens is 220 g/mol. The van der Waals surface area contributed by atoms with Crippen LogP contribution in [0.5, 0.6) is 5.75 Å². The van der Waals surface area contributed by atoms with Crippen LogP contribution in [0.25, 0.3) is 11.1 Å². The molecule has 0 saturated carbocycles. The minimum atomic E-state index is 0.348. The molecule has 0 fully saturated rings. The minimum absolute atomic E-state index is 0.348. The van der Waals surface area contributed by atoms with Gasteiger partial charge in [-0.1, -0.05) is 44.2 Å². The van der Waals surface area contributed by atoms with Gasteiger partial charge in [0.1, 0.15) is 5.75 Å². The van der Waals surface area contributed by atoms with Gasteiger partial charge in [-0.15, -0.1) is 0 Å². The SMILES string of the molecule is Cc1cc(C(C)C)cc(C)c1-c1ccccc1O. The maximum absolute atomic E-state index is 9.99. The van der Waals surface area contributed by atoms with Crippen LogP contribution in [-0.4, -0.2) is 5.11 Å². The van der Waals surface area contributed by atoms with E-state index in [1.807, 2.05) is 18.2 Å². The summed E-state index contributed by atoms with van der Waals surface area (Å²) in [7, 11) is 0. The summed E-state index contributed by atoms with van der Waals surface area (Å²) in [6.07, 6.45) is 0. The van der Waals surface area contributed by atoms with E-state index in [1.165, 1.54) is 16.7 Å². The average Bonchev–Trinajstić information content (AvgIpc) is 2.30. The lowest BCUT2D eigenvalue weighted by Gasteiger charge is -2.15. The first-order chi connectivity index (χ1) is 8.50. The molecule has 0 radical (unpaired) electrons. The van der Waals surface area contributed by atoms with Crippen LogP contribution < -0.4 is 0 Å². The van der Waals surface area contributed by atoms with Gasteiger partial charge in [0.05, 0.1) is 0 Å². The van der Waals surface area contributed by atoms with Crippen LogP contribution in [0.2, 0.25) is 0 Å². The second-order valence-corrected chi connectivity index (χ2v) is 5.20. The van der Waals surface area contributed by atoms with Crippen molar-refractivity contribution in [3.8, 4) is 16.9 Å².